The molecule has 7 atom stereocenters. The van der Waals surface area contributed by atoms with Crippen LogP contribution in [0.2, 0.25) is 0 Å². The number of fused-ring (bicyclic) bond motifs is 1. The van der Waals surface area contributed by atoms with Crippen LogP contribution >= 0.6 is 0 Å². The van der Waals surface area contributed by atoms with Gasteiger partial charge in [-0.15, -0.1) is 0 Å². The van der Waals surface area contributed by atoms with Gasteiger partial charge in [-0.2, -0.15) is 0 Å². The van der Waals surface area contributed by atoms with E-state index in [2.05, 4.69) is 32.6 Å². The average Bonchev–Trinajstić information content (AvgIpc) is 3.14. The van der Waals surface area contributed by atoms with Crippen molar-refractivity contribution in [3.05, 3.63) is 35.5 Å². The first-order valence-corrected chi connectivity index (χ1v) is 13.9. The third-order valence-electron chi connectivity index (χ3n) is 9.17. The Balaban J connectivity index is 1.67. The predicted octanol–water partition coefficient (Wildman–Crippen LogP) is 5.08. The lowest BCUT2D eigenvalue weighted by molar-refractivity contribution is -0.0968. The van der Waals surface area contributed by atoms with Crippen molar-refractivity contribution < 1.29 is 25.2 Å². The van der Waals surface area contributed by atoms with E-state index in [1.54, 1.807) is 0 Å². The Morgan fingerprint density at radius 3 is 2.63 bits per heavy atom. The van der Waals surface area contributed by atoms with Gasteiger partial charge in [0.1, 0.15) is 12.2 Å². The highest BCUT2D eigenvalue weighted by molar-refractivity contribution is 5.40. The van der Waals surface area contributed by atoms with Crippen molar-refractivity contribution in [1.29, 1.82) is 0 Å². The van der Waals surface area contributed by atoms with Gasteiger partial charge in [0.2, 0.25) is 0 Å². The second-order valence-corrected chi connectivity index (χ2v) is 12.4. The quantitative estimate of drug-likeness (QED) is 0.321. The van der Waals surface area contributed by atoms with E-state index < -0.39 is 23.9 Å². The molecule has 3 rings (SSSR count). The van der Waals surface area contributed by atoms with Gasteiger partial charge in [-0.3, -0.25) is 0 Å². The number of allylic oxidation sites excluding steroid dienone is 3. The topological polar surface area (TPSA) is 90.2 Å². The zero-order chi connectivity index (χ0) is 25.8. The zero-order valence-corrected chi connectivity index (χ0v) is 22.5. The fourth-order valence-corrected chi connectivity index (χ4v) is 7.21. The van der Waals surface area contributed by atoms with Crippen LogP contribution in [0.5, 0.6) is 0 Å². The molecule has 5 nitrogen and oxygen atoms in total. The van der Waals surface area contributed by atoms with Crippen LogP contribution in [0.3, 0.4) is 0 Å². The maximum Gasteiger partial charge on any atom is 0.114 e. The fourth-order valence-electron chi connectivity index (χ4n) is 7.21. The Morgan fingerprint density at radius 1 is 1.20 bits per heavy atom. The molecular formula is C30H50O5. The number of hydrogen-bond acceptors (Lipinski definition) is 5. The second kappa shape index (κ2) is 12.0. The highest BCUT2D eigenvalue weighted by Crippen LogP contribution is 2.60. The minimum Gasteiger partial charge on any atom is -0.396 e. The summed E-state index contributed by atoms with van der Waals surface area (Å²) in [5, 5.41) is 40.4. The van der Waals surface area contributed by atoms with Crippen molar-refractivity contribution in [2.45, 2.75) is 116 Å². The molecule has 200 valence electrons. The molecule has 35 heavy (non-hydrogen) atoms. The van der Waals surface area contributed by atoms with Crippen LogP contribution in [0.15, 0.2) is 35.5 Å². The number of ether oxygens (including phenoxy) is 1. The monoisotopic (exact) mass is 490 g/mol. The summed E-state index contributed by atoms with van der Waals surface area (Å²) in [7, 11) is 0. The van der Waals surface area contributed by atoms with Crippen molar-refractivity contribution in [3.63, 3.8) is 0 Å². The van der Waals surface area contributed by atoms with E-state index in [4.69, 9.17) is 9.84 Å². The largest absolute Gasteiger partial charge is 0.396 e. The second-order valence-electron chi connectivity index (χ2n) is 12.4. The molecule has 3 saturated carbocycles. The minimum absolute atomic E-state index is 0.0269. The molecule has 0 bridgehead atoms. The molecule has 0 heterocycles. The smallest absolute Gasteiger partial charge is 0.114 e. The van der Waals surface area contributed by atoms with Gasteiger partial charge in [0.25, 0.3) is 0 Å². The first-order chi connectivity index (χ1) is 16.5. The van der Waals surface area contributed by atoms with Crippen molar-refractivity contribution in [3.8, 4) is 0 Å². The third kappa shape index (κ3) is 6.87. The van der Waals surface area contributed by atoms with Gasteiger partial charge in [0.15, 0.2) is 0 Å². The summed E-state index contributed by atoms with van der Waals surface area (Å²) >= 11 is 0. The van der Waals surface area contributed by atoms with E-state index in [9.17, 15) is 15.3 Å². The molecule has 4 N–H and O–H groups in total. The Kier molecular flexibility index (Phi) is 9.84. The first-order valence-electron chi connectivity index (χ1n) is 13.9. The molecular weight excluding hydrogens is 440 g/mol. The SMILES string of the molecule is C=C1/C(=C\C=C2\CCC[C@@]3(C)[C@@H]2CC[C@@H]3[C@H](C)CCCC(C)(C)O)C[C@@H](O)[C@@H](OCCCO)[C@@H]1O. The first kappa shape index (κ1) is 28.6. The normalized spacial score (nSPS) is 37.1. The van der Waals surface area contributed by atoms with Crippen LogP contribution < -0.4 is 0 Å². The molecule has 3 aliphatic rings. The lowest BCUT2D eigenvalue weighted by Crippen LogP contribution is -2.45. The Bertz CT molecular complexity index is 778. The lowest BCUT2D eigenvalue weighted by atomic mass is 9.60. The Hall–Kier alpha value is -0.980. The summed E-state index contributed by atoms with van der Waals surface area (Å²) in [6, 6.07) is 0. The molecule has 0 aromatic carbocycles. The predicted molar refractivity (Wildman–Crippen MR) is 141 cm³/mol. The van der Waals surface area contributed by atoms with Gasteiger partial charge >= 0.3 is 0 Å². The highest BCUT2D eigenvalue weighted by atomic mass is 16.5. The minimum atomic E-state index is -0.931. The molecule has 0 spiro atoms. The fraction of sp³-hybridized carbons (Fsp3) is 0.800. The number of rotatable bonds is 10. The van der Waals surface area contributed by atoms with Crippen LogP contribution in [0.4, 0.5) is 0 Å². The van der Waals surface area contributed by atoms with E-state index in [1.807, 2.05) is 13.8 Å². The molecule has 0 amide bonds. The average molecular weight is 491 g/mol. The maximum absolute atomic E-state index is 10.7. The van der Waals surface area contributed by atoms with Crippen LogP contribution in [0.1, 0.15) is 91.9 Å². The summed E-state index contributed by atoms with van der Waals surface area (Å²) in [5.74, 6) is 1.98. The van der Waals surface area contributed by atoms with Crippen LogP contribution in [-0.2, 0) is 4.74 Å². The molecule has 3 fully saturated rings. The van der Waals surface area contributed by atoms with Gasteiger partial charge in [-0.05, 0) is 93.1 Å². The van der Waals surface area contributed by atoms with Gasteiger partial charge in [-0.1, -0.05) is 51.0 Å². The summed E-state index contributed by atoms with van der Waals surface area (Å²) < 4.78 is 5.63. The molecule has 0 unspecified atom stereocenters. The molecule has 3 aliphatic carbocycles. The maximum atomic E-state index is 10.7. The van der Waals surface area contributed by atoms with Crippen molar-refractivity contribution in [2.75, 3.05) is 13.2 Å². The number of aliphatic hydroxyl groups excluding tert-OH is 3. The molecule has 0 aromatic rings. The van der Waals surface area contributed by atoms with Gasteiger partial charge < -0.3 is 25.2 Å². The summed E-state index contributed by atoms with van der Waals surface area (Å²) in [6.45, 7) is 13.2. The van der Waals surface area contributed by atoms with Crippen LogP contribution in [-0.4, -0.2) is 57.6 Å². The third-order valence-corrected chi connectivity index (χ3v) is 9.17. The summed E-state index contributed by atoms with van der Waals surface area (Å²) in [4.78, 5) is 0. The number of aliphatic hydroxyl groups is 4. The van der Waals surface area contributed by atoms with Crippen molar-refractivity contribution in [1.82, 2.24) is 0 Å². The van der Waals surface area contributed by atoms with Crippen LogP contribution in [0, 0.1) is 23.2 Å². The molecule has 0 radical (unpaired) electrons. The zero-order valence-electron chi connectivity index (χ0n) is 22.5. The Morgan fingerprint density at radius 2 is 1.94 bits per heavy atom. The molecule has 0 aromatic heterocycles. The molecule has 0 aliphatic heterocycles. The van der Waals surface area contributed by atoms with E-state index >= 15 is 0 Å². The van der Waals surface area contributed by atoms with Gasteiger partial charge in [0.05, 0.1) is 11.7 Å². The lowest BCUT2D eigenvalue weighted by Gasteiger charge is -2.44. The highest BCUT2D eigenvalue weighted by Gasteiger charge is 2.50. The van der Waals surface area contributed by atoms with Gasteiger partial charge in [-0.25, -0.2) is 0 Å². The van der Waals surface area contributed by atoms with E-state index in [0.29, 0.717) is 42.3 Å². The molecule has 5 heteroatoms. The molecule has 0 saturated heterocycles. The van der Waals surface area contributed by atoms with Crippen molar-refractivity contribution >= 4 is 0 Å². The summed E-state index contributed by atoms with van der Waals surface area (Å²) in [6.07, 6.45) is 12.1. The van der Waals surface area contributed by atoms with Crippen LogP contribution in [0.25, 0.3) is 0 Å². The van der Waals surface area contributed by atoms with E-state index in [0.717, 1.165) is 30.8 Å². The van der Waals surface area contributed by atoms with E-state index in [1.165, 1.54) is 37.7 Å². The Labute approximate surface area is 213 Å². The number of hydrogen-bond donors (Lipinski definition) is 4. The van der Waals surface area contributed by atoms with E-state index in [-0.39, 0.29) is 6.61 Å². The van der Waals surface area contributed by atoms with Crippen molar-refractivity contribution in [2.24, 2.45) is 23.2 Å². The van der Waals surface area contributed by atoms with Gasteiger partial charge in [0, 0.05) is 19.6 Å². The summed E-state index contributed by atoms with van der Waals surface area (Å²) in [5.41, 5.74) is 2.79. The standard InChI is InChI=1S/C30H50O5/c1-20(9-6-15-29(3,4)34)24-13-14-25-22(10-7-16-30(24,25)5)11-12-23-19-26(32)28(27(33)21(23)2)35-18-8-17-31/h11-12,20,24-28,31-34H,2,6-10,13-19H2,1,3-5H3/b22-11-,23-12-/t20-,24-,25-,26-,27-,28-,30-/m1/s1.